The van der Waals surface area contributed by atoms with Gasteiger partial charge in [0.15, 0.2) is 0 Å². The molecule has 0 spiro atoms. The van der Waals surface area contributed by atoms with Crippen molar-refractivity contribution in [2.45, 2.75) is 19.8 Å². The van der Waals surface area contributed by atoms with Crippen molar-refractivity contribution in [2.24, 2.45) is 5.92 Å². The van der Waals surface area contributed by atoms with Gasteiger partial charge in [0.2, 0.25) is 0 Å². The molecule has 1 heterocycles. The van der Waals surface area contributed by atoms with Crippen LogP contribution in [0.25, 0.3) is 0 Å². The summed E-state index contributed by atoms with van der Waals surface area (Å²) in [6, 6.07) is 5.56. The molecule has 1 amide bonds. The lowest BCUT2D eigenvalue weighted by molar-refractivity contribution is -0.146. The largest absolute Gasteiger partial charge is 0.469 e. The van der Waals surface area contributed by atoms with E-state index in [4.69, 9.17) is 4.74 Å². The highest BCUT2D eigenvalue weighted by molar-refractivity contribution is 9.10. The van der Waals surface area contributed by atoms with Crippen LogP contribution in [0.3, 0.4) is 0 Å². The molecule has 1 aromatic rings. The average molecular weight is 340 g/mol. The molecule has 4 nitrogen and oxygen atoms in total. The van der Waals surface area contributed by atoms with Gasteiger partial charge < -0.3 is 9.64 Å². The quantitative estimate of drug-likeness (QED) is 0.778. The van der Waals surface area contributed by atoms with Crippen LogP contribution in [-0.4, -0.2) is 37.0 Å². The highest BCUT2D eigenvalue weighted by Gasteiger charge is 2.29. The fourth-order valence-electron chi connectivity index (χ4n) is 2.48. The number of rotatable bonds is 2. The number of benzene rings is 1. The van der Waals surface area contributed by atoms with Crippen molar-refractivity contribution in [3.8, 4) is 0 Å². The van der Waals surface area contributed by atoms with Crippen LogP contribution in [0.4, 0.5) is 0 Å². The summed E-state index contributed by atoms with van der Waals surface area (Å²) in [7, 11) is 1.39. The summed E-state index contributed by atoms with van der Waals surface area (Å²) in [4.78, 5) is 25.8. The summed E-state index contributed by atoms with van der Waals surface area (Å²) in [5.41, 5.74) is 1.69. The minimum Gasteiger partial charge on any atom is -0.469 e. The molecule has 1 atom stereocenters. The number of carbonyl (C=O) groups excluding carboxylic acids is 2. The van der Waals surface area contributed by atoms with E-state index in [1.54, 1.807) is 11.0 Å². The number of carbonyl (C=O) groups is 2. The van der Waals surface area contributed by atoms with Gasteiger partial charge in [0, 0.05) is 23.1 Å². The number of nitrogens with zero attached hydrogens (tertiary/aromatic N) is 1. The highest BCUT2D eigenvalue weighted by Crippen LogP contribution is 2.22. The first-order chi connectivity index (χ1) is 9.52. The smallest absolute Gasteiger partial charge is 0.310 e. The molecule has 20 heavy (non-hydrogen) atoms. The number of likely N-dealkylation sites (tertiary alicyclic amines) is 1. The second-order valence-electron chi connectivity index (χ2n) is 5.08. The number of ether oxygens (including phenoxy) is 1. The normalized spacial score (nSPS) is 18.8. The second kappa shape index (κ2) is 6.39. The van der Waals surface area contributed by atoms with E-state index >= 15 is 0 Å². The molecule has 1 saturated heterocycles. The van der Waals surface area contributed by atoms with Crippen LogP contribution in [0.2, 0.25) is 0 Å². The van der Waals surface area contributed by atoms with Crippen molar-refractivity contribution in [1.29, 1.82) is 0 Å². The van der Waals surface area contributed by atoms with E-state index in [1.165, 1.54) is 7.11 Å². The maximum atomic E-state index is 12.5. The van der Waals surface area contributed by atoms with E-state index in [0.29, 0.717) is 18.7 Å². The Morgan fingerprint density at radius 1 is 1.40 bits per heavy atom. The van der Waals surface area contributed by atoms with Gasteiger partial charge in [0.05, 0.1) is 13.0 Å². The van der Waals surface area contributed by atoms with Crippen molar-refractivity contribution >= 4 is 27.8 Å². The van der Waals surface area contributed by atoms with Gasteiger partial charge in [-0.1, -0.05) is 15.9 Å². The van der Waals surface area contributed by atoms with Crippen molar-refractivity contribution in [1.82, 2.24) is 4.90 Å². The molecular weight excluding hydrogens is 322 g/mol. The molecule has 1 aliphatic rings. The summed E-state index contributed by atoms with van der Waals surface area (Å²) in [5.74, 6) is -0.446. The predicted molar refractivity (Wildman–Crippen MR) is 79.5 cm³/mol. The van der Waals surface area contributed by atoms with Crippen LogP contribution in [0.15, 0.2) is 22.7 Å². The Labute approximate surface area is 127 Å². The second-order valence-corrected chi connectivity index (χ2v) is 5.93. The Bertz CT molecular complexity index is 530. The summed E-state index contributed by atoms with van der Waals surface area (Å²) < 4.78 is 5.76. The minimum atomic E-state index is -0.227. The van der Waals surface area contributed by atoms with Crippen LogP contribution in [0.5, 0.6) is 0 Å². The van der Waals surface area contributed by atoms with Crippen molar-refractivity contribution < 1.29 is 14.3 Å². The standard InChI is InChI=1S/C15H18BrNO3/c1-10-8-11(5-6-13(10)16)14(18)17-7-3-4-12(9-17)15(19)20-2/h5-6,8,12H,3-4,7,9H2,1-2H3. The highest BCUT2D eigenvalue weighted by atomic mass is 79.9. The summed E-state index contributed by atoms with van der Waals surface area (Å²) >= 11 is 3.43. The van der Waals surface area contributed by atoms with E-state index in [9.17, 15) is 9.59 Å². The van der Waals surface area contributed by atoms with Crippen LogP contribution in [0.1, 0.15) is 28.8 Å². The zero-order valence-corrected chi connectivity index (χ0v) is 13.3. The molecule has 0 saturated carbocycles. The Morgan fingerprint density at radius 3 is 2.80 bits per heavy atom. The van der Waals surface area contributed by atoms with E-state index in [2.05, 4.69) is 15.9 Å². The van der Waals surface area contributed by atoms with Crippen LogP contribution in [-0.2, 0) is 9.53 Å². The van der Waals surface area contributed by atoms with E-state index in [1.807, 2.05) is 19.1 Å². The van der Waals surface area contributed by atoms with Crippen LogP contribution >= 0.6 is 15.9 Å². The monoisotopic (exact) mass is 339 g/mol. The number of piperidine rings is 1. The molecule has 1 aliphatic heterocycles. The van der Waals surface area contributed by atoms with Gasteiger partial charge in [0.1, 0.15) is 0 Å². The van der Waals surface area contributed by atoms with Gasteiger partial charge >= 0.3 is 5.97 Å². The number of halogens is 1. The number of aryl methyl sites for hydroxylation is 1. The Morgan fingerprint density at radius 2 is 2.15 bits per heavy atom. The van der Waals surface area contributed by atoms with Crippen molar-refractivity contribution in [2.75, 3.05) is 20.2 Å². The van der Waals surface area contributed by atoms with E-state index in [0.717, 1.165) is 22.9 Å². The van der Waals surface area contributed by atoms with E-state index < -0.39 is 0 Å². The molecule has 1 fully saturated rings. The first-order valence-electron chi connectivity index (χ1n) is 6.66. The number of amides is 1. The topological polar surface area (TPSA) is 46.6 Å². The molecular formula is C15H18BrNO3. The molecule has 0 bridgehead atoms. The van der Waals surface area contributed by atoms with Crippen LogP contribution < -0.4 is 0 Å². The van der Waals surface area contributed by atoms with Crippen molar-refractivity contribution in [3.05, 3.63) is 33.8 Å². The molecule has 0 aromatic heterocycles. The molecule has 1 aromatic carbocycles. The maximum absolute atomic E-state index is 12.5. The number of hydrogen-bond donors (Lipinski definition) is 0. The first-order valence-corrected chi connectivity index (χ1v) is 7.45. The third kappa shape index (κ3) is 3.20. The molecule has 0 radical (unpaired) electrons. The fraction of sp³-hybridized carbons (Fsp3) is 0.467. The predicted octanol–water partition coefficient (Wildman–Crippen LogP) is 2.78. The summed E-state index contributed by atoms with van der Waals surface area (Å²) in [5, 5.41) is 0. The molecule has 1 unspecified atom stereocenters. The molecule has 0 aliphatic carbocycles. The van der Waals surface area contributed by atoms with Gasteiger partial charge in [-0.2, -0.15) is 0 Å². The first kappa shape index (κ1) is 15.0. The lowest BCUT2D eigenvalue weighted by Gasteiger charge is -2.31. The zero-order valence-electron chi connectivity index (χ0n) is 11.7. The third-order valence-corrected chi connectivity index (χ3v) is 4.54. The third-order valence-electron chi connectivity index (χ3n) is 3.65. The SMILES string of the molecule is COC(=O)C1CCCN(C(=O)c2ccc(Br)c(C)c2)C1. The van der Waals surface area contributed by atoms with Gasteiger partial charge in [-0.05, 0) is 43.5 Å². The average Bonchev–Trinajstić information content (AvgIpc) is 2.48. The Kier molecular flexibility index (Phi) is 4.81. The van der Waals surface area contributed by atoms with E-state index in [-0.39, 0.29) is 17.8 Å². The molecule has 2 rings (SSSR count). The lowest BCUT2D eigenvalue weighted by atomic mass is 9.97. The van der Waals surface area contributed by atoms with Gasteiger partial charge in [-0.3, -0.25) is 9.59 Å². The van der Waals surface area contributed by atoms with Gasteiger partial charge in [-0.25, -0.2) is 0 Å². The Balaban J connectivity index is 2.12. The summed E-state index contributed by atoms with van der Waals surface area (Å²) in [6.07, 6.45) is 1.62. The number of hydrogen-bond acceptors (Lipinski definition) is 3. The number of methoxy groups -OCH3 is 1. The minimum absolute atomic E-state index is 0.0193. The molecule has 0 N–H and O–H groups in total. The molecule has 108 valence electrons. The van der Waals surface area contributed by atoms with Crippen molar-refractivity contribution in [3.63, 3.8) is 0 Å². The molecule has 5 heteroatoms. The lowest BCUT2D eigenvalue weighted by Crippen LogP contribution is -2.42. The van der Waals surface area contributed by atoms with Gasteiger partial charge in [0.25, 0.3) is 5.91 Å². The fourth-order valence-corrected chi connectivity index (χ4v) is 2.73. The Hall–Kier alpha value is -1.36. The summed E-state index contributed by atoms with van der Waals surface area (Å²) in [6.45, 7) is 3.09. The zero-order chi connectivity index (χ0) is 14.7. The number of esters is 1. The van der Waals surface area contributed by atoms with Crippen LogP contribution in [0, 0.1) is 12.8 Å². The maximum Gasteiger partial charge on any atom is 0.310 e. The van der Waals surface area contributed by atoms with Gasteiger partial charge in [-0.15, -0.1) is 0 Å².